The fraction of sp³-hybridized carbons (Fsp3) is 0.378. The van der Waals surface area contributed by atoms with E-state index in [-0.39, 0.29) is 18.6 Å². The van der Waals surface area contributed by atoms with E-state index in [4.69, 9.17) is 33.0 Å². The van der Waals surface area contributed by atoms with Crippen LogP contribution in [0, 0.1) is 0 Å². The van der Waals surface area contributed by atoms with Gasteiger partial charge in [0.1, 0.15) is 23.7 Å². The number of ether oxygens (including phenoxy) is 5. The number of hydrogen-bond donors (Lipinski definition) is 0. The summed E-state index contributed by atoms with van der Waals surface area (Å²) in [6.07, 6.45) is -0.357. The number of aromatic nitrogens is 2. The number of carbonyl (C=O) groups is 1. The van der Waals surface area contributed by atoms with Crippen LogP contribution in [0.2, 0.25) is 0 Å². The predicted molar refractivity (Wildman–Crippen MR) is 185 cm³/mol. The smallest absolute Gasteiger partial charge is 0.490 e. The van der Waals surface area contributed by atoms with Crippen LogP contribution in [0.5, 0.6) is 11.5 Å². The molecule has 0 spiro atoms. The Labute approximate surface area is 289 Å². The predicted octanol–water partition coefficient (Wildman–Crippen LogP) is 7.80. The largest absolute Gasteiger partial charge is 0.528 e. The van der Waals surface area contributed by atoms with Crippen molar-refractivity contribution in [1.29, 1.82) is 0 Å². The second-order valence-electron chi connectivity index (χ2n) is 12.7. The van der Waals surface area contributed by atoms with Crippen molar-refractivity contribution in [2.24, 2.45) is 0 Å². The van der Waals surface area contributed by atoms with Crippen molar-refractivity contribution in [2.75, 3.05) is 33.4 Å². The number of hydroxylamine groups is 2. The Hall–Kier alpha value is -4.49. The maximum Gasteiger partial charge on any atom is 0.528 e. The number of thiophene rings is 1. The van der Waals surface area contributed by atoms with Crippen LogP contribution < -0.4 is 9.47 Å². The molecule has 6 rings (SSSR count). The standard InChI is InChI=1S/C37H41N3O8S/c1-37(2,3)46-36(41)48-40-18-17-29(26-13-15-28(16-14-26)44-24-33-38-35(39-47-33)32-10-7-21-49-32)31(22-40)45-23-27-12-11-25-8-5-6-9-30(25)34(27)43-20-19-42-4/h5-16,21,29,31H,17-20,22-24H2,1-4H3. The van der Waals surface area contributed by atoms with Gasteiger partial charge in [0.25, 0.3) is 5.89 Å². The molecule has 1 fully saturated rings. The summed E-state index contributed by atoms with van der Waals surface area (Å²) >= 11 is 1.55. The van der Waals surface area contributed by atoms with Crippen LogP contribution in [0.3, 0.4) is 0 Å². The number of carbonyl (C=O) groups excluding carboxylic acids is 1. The molecular formula is C37H41N3O8S. The van der Waals surface area contributed by atoms with Gasteiger partial charge < -0.3 is 33.0 Å². The van der Waals surface area contributed by atoms with Crippen LogP contribution in [-0.2, 0) is 32.3 Å². The number of benzene rings is 3. The molecule has 1 aliphatic heterocycles. The normalized spacial score (nSPS) is 16.8. The zero-order valence-electron chi connectivity index (χ0n) is 28.1. The third kappa shape index (κ3) is 9.15. The molecule has 0 radical (unpaired) electrons. The highest BCUT2D eigenvalue weighted by molar-refractivity contribution is 7.13. The van der Waals surface area contributed by atoms with E-state index >= 15 is 0 Å². The quantitative estimate of drug-likeness (QED) is 0.0892. The van der Waals surface area contributed by atoms with Gasteiger partial charge >= 0.3 is 6.16 Å². The van der Waals surface area contributed by atoms with Crippen LogP contribution in [-0.4, -0.2) is 66.5 Å². The van der Waals surface area contributed by atoms with E-state index in [1.807, 2.05) is 66.0 Å². The average molecular weight is 688 g/mol. The fourth-order valence-corrected chi connectivity index (χ4v) is 6.32. The minimum Gasteiger partial charge on any atom is -0.490 e. The van der Waals surface area contributed by atoms with Gasteiger partial charge in [0.2, 0.25) is 5.82 Å². The van der Waals surface area contributed by atoms with Crippen LogP contribution >= 0.6 is 11.3 Å². The van der Waals surface area contributed by atoms with Crippen molar-refractivity contribution in [1.82, 2.24) is 15.2 Å². The van der Waals surface area contributed by atoms with Gasteiger partial charge in [-0.05, 0) is 61.7 Å². The van der Waals surface area contributed by atoms with E-state index in [0.717, 1.165) is 32.5 Å². The van der Waals surface area contributed by atoms with E-state index in [2.05, 4.69) is 22.3 Å². The number of rotatable bonds is 13. The Morgan fingerprint density at radius 2 is 1.82 bits per heavy atom. The molecule has 11 nitrogen and oxygen atoms in total. The van der Waals surface area contributed by atoms with E-state index in [1.165, 1.54) is 0 Å². The summed E-state index contributed by atoms with van der Waals surface area (Å²) in [6, 6.07) is 24.1. The van der Waals surface area contributed by atoms with Crippen LogP contribution in [0.4, 0.5) is 4.79 Å². The number of nitrogens with zero attached hydrogens (tertiary/aromatic N) is 3. The van der Waals surface area contributed by atoms with Gasteiger partial charge in [0.05, 0.1) is 30.7 Å². The summed E-state index contributed by atoms with van der Waals surface area (Å²) in [6.45, 7) is 7.64. The summed E-state index contributed by atoms with van der Waals surface area (Å²) in [5, 5.41) is 9.73. The van der Waals surface area contributed by atoms with Crippen LogP contribution in [0.25, 0.3) is 21.5 Å². The van der Waals surface area contributed by atoms with Crippen molar-refractivity contribution >= 4 is 28.3 Å². The number of methoxy groups -OCH3 is 1. The highest BCUT2D eigenvalue weighted by Gasteiger charge is 2.34. The average Bonchev–Trinajstić information content (AvgIpc) is 3.79. The Balaban J connectivity index is 1.16. The first kappa shape index (κ1) is 34.4. The summed E-state index contributed by atoms with van der Waals surface area (Å²) < 4.78 is 34.9. The van der Waals surface area contributed by atoms with Crippen molar-refractivity contribution in [3.63, 3.8) is 0 Å². The molecule has 3 aromatic carbocycles. The molecule has 0 N–H and O–H groups in total. The molecule has 5 aromatic rings. The number of piperidine rings is 1. The molecule has 2 aromatic heterocycles. The zero-order valence-corrected chi connectivity index (χ0v) is 28.9. The molecule has 0 aliphatic carbocycles. The summed E-state index contributed by atoms with van der Waals surface area (Å²) in [5.74, 6) is 2.42. The molecule has 12 heteroatoms. The lowest BCUT2D eigenvalue weighted by molar-refractivity contribution is -0.179. The van der Waals surface area contributed by atoms with Gasteiger partial charge in [-0.15, -0.1) is 16.4 Å². The fourth-order valence-electron chi connectivity index (χ4n) is 5.67. The highest BCUT2D eigenvalue weighted by atomic mass is 32.1. The lowest BCUT2D eigenvalue weighted by Crippen LogP contribution is -2.45. The van der Waals surface area contributed by atoms with E-state index in [0.29, 0.717) is 56.8 Å². The summed E-state index contributed by atoms with van der Waals surface area (Å²) in [4.78, 5) is 23.5. The Kier molecular flexibility index (Phi) is 11.1. The first-order chi connectivity index (χ1) is 23.8. The van der Waals surface area contributed by atoms with E-state index < -0.39 is 11.8 Å². The van der Waals surface area contributed by atoms with Gasteiger partial charge in [-0.25, -0.2) is 4.79 Å². The highest BCUT2D eigenvalue weighted by Crippen LogP contribution is 2.35. The third-order valence-electron chi connectivity index (χ3n) is 7.94. The molecule has 0 saturated carbocycles. The molecule has 49 heavy (non-hydrogen) atoms. The van der Waals surface area contributed by atoms with Gasteiger partial charge in [-0.2, -0.15) is 4.98 Å². The minimum atomic E-state index is -0.738. The van der Waals surface area contributed by atoms with Crippen molar-refractivity contribution in [2.45, 2.75) is 58.0 Å². The third-order valence-corrected chi connectivity index (χ3v) is 8.81. The van der Waals surface area contributed by atoms with Crippen LogP contribution in [0.1, 0.15) is 50.1 Å². The maximum absolute atomic E-state index is 12.5. The molecule has 258 valence electrons. The Morgan fingerprint density at radius 1 is 0.980 bits per heavy atom. The van der Waals surface area contributed by atoms with E-state index in [1.54, 1.807) is 44.3 Å². The van der Waals surface area contributed by atoms with Gasteiger partial charge in [-0.3, -0.25) is 0 Å². The lowest BCUT2D eigenvalue weighted by Gasteiger charge is -2.37. The van der Waals surface area contributed by atoms with Crippen molar-refractivity contribution in [3.05, 3.63) is 95.2 Å². The molecule has 1 saturated heterocycles. The van der Waals surface area contributed by atoms with Crippen molar-refractivity contribution < 1.29 is 37.8 Å². The molecule has 2 unspecified atom stereocenters. The lowest BCUT2D eigenvalue weighted by atomic mass is 9.87. The molecule has 0 amide bonds. The number of fused-ring (bicyclic) bond motifs is 1. The molecule has 1 aliphatic rings. The van der Waals surface area contributed by atoms with Crippen molar-refractivity contribution in [3.8, 4) is 22.2 Å². The second-order valence-corrected chi connectivity index (χ2v) is 13.6. The monoisotopic (exact) mass is 687 g/mol. The summed E-state index contributed by atoms with van der Waals surface area (Å²) in [7, 11) is 1.65. The van der Waals surface area contributed by atoms with Crippen LogP contribution in [0.15, 0.2) is 82.7 Å². The van der Waals surface area contributed by atoms with Gasteiger partial charge in [-0.1, -0.05) is 59.8 Å². The Bertz CT molecular complexity index is 1800. The van der Waals surface area contributed by atoms with Gasteiger partial charge in [0, 0.05) is 30.5 Å². The maximum atomic E-state index is 12.5. The SMILES string of the molecule is COCCOc1c(COC2CN(OC(=O)OC(C)(C)C)CCC2c2ccc(OCc3nc(-c4cccs4)no3)cc2)ccc2ccccc12. The second kappa shape index (κ2) is 15.8. The first-order valence-electron chi connectivity index (χ1n) is 16.2. The molecule has 3 heterocycles. The topological polar surface area (TPSA) is 115 Å². The zero-order chi connectivity index (χ0) is 34.2. The van der Waals surface area contributed by atoms with Gasteiger partial charge in [0.15, 0.2) is 6.61 Å². The summed E-state index contributed by atoms with van der Waals surface area (Å²) in [5.41, 5.74) is 1.34. The minimum absolute atomic E-state index is 0.0233. The van der Waals surface area contributed by atoms with E-state index in [9.17, 15) is 4.79 Å². The molecule has 0 bridgehead atoms. The number of hydrogen-bond acceptors (Lipinski definition) is 12. The molecule has 2 atom stereocenters. The first-order valence-corrected chi connectivity index (χ1v) is 17.1. The molecular weight excluding hydrogens is 646 g/mol. The Morgan fingerprint density at radius 3 is 2.59 bits per heavy atom.